The lowest BCUT2D eigenvalue weighted by Gasteiger charge is -2.09. The second-order valence-electron chi connectivity index (χ2n) is 3.57. The smallest absolute Gasteiger partial charge is 0.169 e. The van der Waals surface area contributed by atoms with Crippen LogP contribution < -0.4 is 5.73 Å². The number of halogens is 1. The third kappa shape index (κ3) is 1.71. The van der Waals surface area contributed by atoms with Crippen LogP contribution in [0, 0.1) is 6.92 Å². The third-order valence-corrected chi connectivity index (χ3v) is 3.45. The fraction of sp³-hybridized carbons (Fsp3) is 0.273. The van der Waals surface area contributed by atoms with E-state index in [1.807, 2.05) is 32.0 Å². The topological polar surface area (TPSA) is 56.7 Å². The summed E-state index contributed by atoms with van der Waals surface area (Å²) >= 11 is 3.50. The summed E-state index contributed by atoms with van der Waals surface area (Å²) in [4.78, 5) is 0. The van der Waals surface area contributed by atoms with Gasteiger partial charge in [0, 0.05) is 4.47 Å². The zero-order chi connectivity index (χ0) is 11.7. The van der Waals surface area contributed by atoms with Crippen LogP contribution in [0.2, 0.25) is 0 Å². The highest BCUT2D eigenvalue weighted by Gasteiger charge is 2.12. The SMILES string of the molecule is CCc1c(N)nnn1-c1cccc(Br)c1C. The summed E-state index contributed by atoms with van der Waals surface area (Å²) in [5.74, 6) is 0.502. The monoisotopic (exact) mass is 280 g/mol. The van der Waals surface area contributed by atoms with E-state index in [1.165, 1.54) is 0 Å². The van der Waals surface area contributed by atoms with Gasteiger partial charge in [0.25, 0.3) is 0 Å². The number of aromatic nitrogens is 3. The van der Waals surface area contributed by atoms with E-state index in [-0.39, 0.29) is 0 Å². The van der Waals surface area contributed by atoms with Crippen LogP contribution in [-0.4, -0.2) is 15.0 Å². The Bertz CT molecular complexity index is 519. The van der Waals surface area contributed by atoms with Crippen molar-refractivity contribution in [2.45, 2.75) is 20.3 Å². The normalized spacial score (nSPS) is 10.7. The van der Waals surface area contributed by atoms with Crippen molar-refractivity contribution < 1.29 is 0 Å². The molecule has 0 amide bonds. The Kier molecular flexibility index (Phi) is 2.96. The number of rotatable bonds is 2. The summed E-state index contributed by atoms with van der Waals surface area (Å²) in [7, 11) is 0. The molecule has 0 spiro atoms. The molecule has 0 fully saturated rings. The first-order valence-electron chi connectivity index (χ1n) is 5.10. The maximum absolute atomic E-state index is 5.77. The predicted octanol–water partition coefficient (Wildman–Crippen LogP) is 2.48. The molecule has 0 saturated carbocycles. The maximum Gasteiger partial charge on any atom is 0.169 e. The molecule has 0 bridgehead atoms. The van der Waals surface area contributed by atoms with Gasteiger partial charge in [0.15, 0.2) is 5.82 Å². The second kappa shape index (κ2) is 4.25. The van der Waals surface area contributed by atoms with E-state index in [0.29, 0.717) is 5.82 Å². The first-order chi connectivity index (χ1) is 7.65. The molecule has 0 aliphatic heterocycles. The number of hydrogen-bond donors (Lipinski definition) is 1. The summed E-state index contributed by atoms with van der Waals surface area (Å²) < 4.78 is 2.86. The summed E-state index contributed by atoms with van der Waals surface area (Å²) in [5, 5.41) is 7.99. The average Bonchev–Trinajstić information content (AvgIpc) is 2.63. The van der Waals surface area contributed by atoms with Crippen LogP contribution in [0.25, 0.3) is 5.69 Å². The molecule has 0 aliphatic rings. The van der Waals surface area contributed by atoms with Crippen LogP contribution >= 0.6 is 15.9 Å². The van der Waals surface area contributed by atoms with Crippen molar-refractivity contribution in [3.05, 3.63) is 33.9 Å². The van der Waals surface area contributed by atoms with Gasteiger partial charge >= 0.3 is 0 Å². The van der Waals surface area contributed by atoms with Crippen LogP contribution in [0.15, 0.2) is 22.7 Å². The fourth-order valence-corrected chi connectivity index (χ4v) is 2.02. The Morgan fingerprint density at radius 2 is 2.19 bits per heavy atom. The first kappa shape index (κ1) is 11.1. The molecule has 1 aromatic heterocycles. The van der Waals surface area contributed by atoms with Gasteiger partial charge in [0.1, 0.15) is 0 Å². The van der Waals surface area contributed by atoms with Gasteiger partial charge in [-0.25, -0.2) is 4.68 Å². The lowest BCUT2D eigenvalue weighted by atomic mass is 10.2. The van der Waals surface area contributed by atoms with Crippen molar-refractivity contribution >= 4 is 21.7 Å². The first-order valence-corrected chi connectivity index (χ1v) is 5.90. The van der Waals surface area contributed by atoms with Crippen molar-refractivity contribution in [3.63, 3.8) is 0 Å². The molecule has 0 saturated heterocycles. The largest absolute Gasteiger partial charge is 0.381 e. The molecule has 16 heavy (non-hydrogen) atoms. The minimum absolute atomic E-state index is 0.502. The average molecular weight is 281 g/mol. The minimum Gasteiger partial charge on any atom is -0.381 e. The molecule has 0 atom stereocenters. The van der Waals surface area contributed by atoms with E-state index in [9.17, 15) is 0 Å². The number of anilines is 1. The van der Waals surface area contributed by atoms with Crippen molar-refractivity contribution in [2.24, 2.45) is 0 Å². The molecule has 0 radical (unpaired) electrons. The lowest BCUT2D eigenvalue weighted by molar-refractivity contribution is 0.762. The van der Waals surface area contributed by atoms with Crippen LogP contribution in [0.5, 0.6) is 0 Å². The number of hydrogen-bond acceptors (Lipinski definition) is 3. The van der Waals surface area contributed by atoms with Gasteiger partial charge in [-0.05, 0) is 31.0 Å². The standard InChI is InChI=1S/C11H13BrN4/c1-3-9-11(13)14-15-16(9)10-6-4-5-8(12)7(10)2/h4-6H,3,13H2,1-2H3. The summed E-state index contributed by atoms with van der Waals surface area (Å²) in [6.07, 6.45) is 0.810. The molecule has 5 heteroatoms. The highest BCUT2D eigenvalue weighted by molar-refractivity contribution is 9.10. The van der Waals surface area contributed by atoms with E-state index in [1.54, 1.807) is 4.68 Å². The van der Waals surface area contributed by atoms with Gasteiger partial charge in [-0.1, -0.05) is 34.1 Å². The van der Waals surface area contributed by atoms with E-state index in [4.69, 9.17) is 5.73 Å². The highest BCUT2D eigenvalue weighted by Crippen LogP contribution is 2.24. The molecular weight excluding hydrogens is 268 g/mol. The van der Waals surface area contributed by atoms with Gasteiger partial charge in [-0.15, -0.1) is 5.10 Å². The Morgan fingerprint density at radius 1 is 1.44 bits per heavy atom. The van der Waals surface area contributed by atoms with E-state index < -0.39 is 0 Å². The number of nitrogens with zero attached hydrogens (tertiary/aromatic N) is 3. The van der Waals surface area contributed by atoms with Gasteiger partial charge < -0.3 is 5.73 Å². The van der Waals surface area contributed by atoms with Crippen molar-refractivity contribution in [1.82, 2.24) is 15.0 Å². The third-order valence-electron chi connectivity index (χ3n) is 2.60. The molecule has 84 valence electrons. The van der Waals surface area contributed by atoms with Gasteiger partial charge in [-0.2, -0.15) is 0 Å². The van der Waals surface area contributed by atoms with E-state index >= 15 is 0 Å². The molecule has 2 rings (SSSR count). The fourth-order valence-electron chi connectivity index (χ4n) is 1.66. The Balaban J connectivity index is 2.63. The Morgan fingerprint density at radius 3 is 2.88 bits per heavy atom. The number of benzene rings is 1. The van der Waals surface area contributed by atoms with Crippen molar-refractivity contribution in [1.29, 1.82) is 0 Å². The van der Waals surface area contributed by atoms with Crippen LogP contribution in [0.1, 0.15) is 18.2 Å². The van der Waals surface area contributed by atoms with Crippen molar-refractivity contribution in [2.75, 3.05) is 5.73 Å². The van der Waals surface area contributed by atoms with Crippen LogP contribution in [0.4, 0.5) is 5.82 Å². The Hall–Kier alpha value is -1.36. The van der Waals surface area contributed by atoms with Crippen molar-refractivity contribution in [3.8, 4) is 5.69 Å². The lowest BCUT2D eigenvalue weighted by Crippen LogP contribution is -2.04. The summed E-state index contributed by atoms with van der Waals surface area (Å²) in [6.45, 7) is 4.08. The molecule has 1 heterocycles. The van der Waals surface area contributed by atoms with Gasteiger partial charge in [0.05, 0.1) is 11.4 Å². The molecule has 2 aromatic rings. The molecule has 4 nitrogen and oxygen atoms in total. The Labute approximate surface area is 103 Å². The molecule has 0 unspecified atom stereocenters. The zero-order valence-corrected chi connectivity index (χ0v) is 10.8. The van der Waals surface area contributed by atoms with Crippen LogP contribution in [-0.2, 0) is 6.42 Å². The molecule has 2 N–H and O–H groups in total. The van der Waals surface area contributed by atoms with Gasteiger partial charge in [-0.3, -0.25) is 0 Å². The van der Waals surface area contributed by atoms with Crippen LogP contribution in [0.3, 0.4) is 0 Å². The summed E-state index contributed by atoms with van der Waals surface area (Å²) in [6, 6.07) is 5.99. The second-order valence-corrected chi connectivity index (χ2v) is 4.43. The molecule has 1 aromatic carbocycles. The number of nitrogen functional groups attached to an aromatic ring is 1. The zero-order valence-electron chi connectivity index (χ0n) is 9.24. The van der Waals surface area contributed by atoms with E-state index in [2.05, 4.69) is 26.2 Å². The summed E-state index contributed by atoms with van der Waals surface area (Å²) in [5.41, 5.74) is 8.85. The van der Waals surface area contributed by atoms with Gasteiger partial charge in [0.2, 0.25) is 0 Å². The predicted molar refractivity (Wildman–Crippen MR) is 67.6 cm³/mol. The minimum atomic E-state index is 0.502. The number of nitrogens with two attached hydrogens (primary N) is 1. The highest BCUT2D eigenvalue weighted by atomic mass is 79.9. The molecule has 0 aliphatic carbocycles. The quantitative estimate of drug-likeness (QED) is 0.920. The molecular formula is C11H13BrN4. The maximum atomic E-state index is 5.77. The van der Waals surface area contributed by atoms with E-state index in [0.717, 1.165) is 27.8 Å².